The van der Waals surface area contributed by atoms with Crippen molar-refractivity contribution in [3.63, 3.8) is 0 Å². The molecule has 0 aromatic carbocycles. The molecule has 4 nitrogen and oxygen atoms in total. The van der Waals surface area contributed by atoms with E-state index in [1.54, 1.807) is 23.4 Å². The summed E-state index contributed by atoms with van der Waals surface area (Å²) in [6, 6.07) is 3.69. The van der Waals surface area contributed by atoms with Crippen LogP contribution in [0.3, 0.4) is 0 Å². The van der Waals surface area contributed by atoms with Crippen molar-refractivity contribution in [2.24, 2.45) is 0 Å². The molecule has 0 aliphatic carbocycles. The number of carbonyl (C=O) groups excluding carboxylic acids is 1. The first kappa shape index (κ1) is 12.7. The van der Waals surface area contributed by atoms with Gasteiger partial charge in [0.25, 0.3) is 5.91 Å². The molecule has 2 heterocycles. The lowest BCUT2D eigenvalue weighted by Crippen LogP contribution is -2.31. The van der Waals surface area contributed by atoms with E-state index < -0.39 is 0 Å². The summed E-state index contributed by atoms with van der Waals surface area (Å²) < 4.78 is 0. The second kappa shape index (κ2) is 5.73. The molecule has 94 valence electrons. The van der Waals surface area contributed by atoms with Crippen molar-refractivity contribution in [2.75, 3.05) is 6.54 Å². The summed E-state index contributed by atoms with van der Waals surface area (Å²) in [6.45, 7) is 2.76. The molecule has 1 aromatic heterocycles. The number of thiocarbonyl (C=S) groups is 1. The molecule has 0 unspecified atom stereocenters. The minimum atomic E-state index is -0.0507. The van der Waals surface area contributed by atoms with Gasteiger partial charge in [-0.15, -0.1) is 0 Å². The van der Waals surface area contributed by atoms with Crippen LogP contribution in [0, 0.1) is 0 Å². The molecule has 1 aliphatic heterocycles. The van der Waals surface area contributed by atoms with Crippen molar-refractivity contribution in [1.29, 1.82) is 0 Å². The number of hydrogen-bond acceptors (Lipinski definition) is 3. The van der Waals surface area contributed by atoms with E-state index in [4.69, 9.17) is 12.2 Å². The highest BCUT2D eigenvalue weighted by Crippen LogP contribution is 2.14. The van der Waals surface area contributed by atoms with Gasteiger partial charge >= 0.3 is 0 Å². The number of amides is 1. The Kier molecular flexibility index (Phi) is 4.04. The van der Waals surface area contributed by atoms with E-state index in [1.165, 1.54) is 0 Å². The summed E-state index contributed by atoms with van der Waals surface area (Å²) in [6.07, 6.45) is 7.17. The van der Waals surface area contributed by atoms with Crippen LogP contribution in [-0.4, -0.2) is 27.4 Å². The lowest BCUT2D eigenvalue weighted by atomic mass is 10.2. The van der Waals surface area contributed by atoms with Crippen molar-refractivity contribution >= 4 is 29.3 Å². The fourth-order valence-electron chi connectivity index (χ4n) is 1.72. The average Bonchev–Trinajstić information content (AvgIpc) is 2.64. The number of unbranched alkanes of at least 4 members (excludes halogenated alkanes) is 1. The molecule has 0 bridgehead atoms. The third-order valence-corrected chi connectivity index (χ3v) is 3.04. The largest absolute Gasteiger partial charge is 0.328 e. The van der Waals surface area contributed by atoms with Crippen LogP contribution in [0.25, 0.3) is 6.08 Å². The molecule has 1 aromatic rings. The Bertz CT molecular complexity index is 484. The van der Waals surface area contributed by atoms with E-state index in [9.17, 15) is 4.79 Å². The molecule has 0 spiro atoms. The summed E-state index contributed by atoms with van der Waals surface area (Å²) >= 11 is 5.16. The number of carbonyl (C=O) groups is 1. The normalized spacial score (nSPS) is 17.4. The predicted molar refractivity (Wildman–Crippen MR) is 74.6 cm³/mol. The Hall–Kier alpha value is -1.75. The summed E-state index contributed by atoms with van der Waals surface area (Å²) in [7, 11) is 0. The molecule has 1 saturated heterocycles. The minimum absolute atomic E-state index is 0.0507. The molecule has 2 rings (SSSR count). The van der Waals surface area contributed by atoms with Gasteiger partial charge in [-0.3, -0.25) is 14.7 Å². The molecular weight excluding hydrogens is 246 g/mol. The Morgan fingerprint density at radius 3 is 2.83 bits per heavy atom. The zero-order valence-corrected chi connectivity index (χ0v) is 11.0. The summed E-state index contributed by atoms with van der Waals surface area (Å²) in [4.78, 5) is 17.7. The molecule has 5 heteroatoms. The van der Waals surface area contributed by atoms with E-state index in [2.05, 4.69) is 17.2 Å². The third-order valence-electron chi connectivity index (χ3n) is 2.71. The van der Waals surface area contributed by atoms with E-state index in [1.807, 2.05) is 12.1 Å². The molecule has 0 saturated carbocycles. The number of rotatable bonds is 4. The number of aromatic nitrogens is 1. The second-order valence-electron chi connectivity index (χ2n) is 4.08. The fraction of sp³-hybridized carbons (Fsp3) is 0.308. The van der Waals surface area contributed by atoms with Gasteiger partial charge in [0.15, 0.2) is 5.11 Å². The topological polar surface area (TPSA) is 45.2 Å². The molecule has 1 aliphatic rings. The standard InChI is InChI=1S/C13H15N3OS/c1-2-3-8-16-12(17)11(15-13(16)18)9-10-4-6-14-7-5-10/h4-7,9H,2-3,8H2,1H3,(H,15,18). The monoisotopic (exact) mass is 261 g/mol. The first-order valence-electron chi connectivity index (χ1n) is 5.97. The molecule has 0 radical (unpaired) electrons. The number of nitrogens with zero attached hydrogens (tertiary/aromatic N) is 2. The summed E-state index contributed by atoms with van der Waals surface area (Å²) in [5.41, 5.74) is 1.46. The third kappa shape index (κ3) is 2.73. The van der Waals surface area contributed by atoms with Crippen LogP contribution in [0.2, 0.25) is 0 Å². The van der Waals surface area contributed by atoms with Gasteiger partial charge in [0.1, 0.15) is 5.70 Å². The lowest BCUT2D eigenvalue weighted by Gasteiger charge is -2.12. The van der Waals surface area contributed by atoms with Crippen LogP contribution in [0.4, 0.5) is 0 Å². The quantitative estimate of drug-likeness (QED) is 0.664. The molecular formula is C13H15N3OS. The van der Waals surface area contributed by atoms with Gasteiger partial charge in [-0.05, 0) is 42.4 Å². The Balaban J connectivity index is 2.15. The minimum Gasteiger partial charge on any atom is -0.328 e. The van der Waals surface area contributed by atoms with Gasteiger partial charge in [-0.1, -0.05) is 13.3 Å². The predicted octanol–water partition coefficient (Wildman–Crippen LogP) is 1.94. The molecule has 0 atom stereocenters. The number of nitrogens with one attached hydrogen (secondary N) is 1. The van der Waals surface area contributed by atoms with E-state index in [0.29, 0.717) is 17.4 Å². The van der Waals surface area contributed by atoms with Crippen LogP contribution in [-0.2, 0) is 4.79 Å². The number of hydrogen-bond donors (Lipinski definition) is 1. The molecule has 18 heavy (non-hydrogen) atoms. The van der Waals surface area contributed by atoms with Gasteiger partial charge in [-0.2, -0.15) is 0 Å². The van der Waals surface area contributed by atoms with Crippen molar-refractivity contribution < 1.29 is 4.79 Å². The van der Waals surface area contributed by atoms with Crippen LogP contribution < -0.4 is 5.32 Å². The van der Waals surface area contributed by atoms with Crippen molar-refractivity contribution in [3.05, 3.63) is 35.8 Å². The van der Waals surface area contributed by atoms with Crippen LogP contribution in [0.15, 0.2) is 30.2 Å². The summed E-state index contributed by atoms with van der Waals surface area (Å²) in [5, 5.41) is 3.45. The highest BCUT2D eigenvalue weighted by molar-refractivity contribution is 7.80. The van der Waals surface area contributed by atoms with Crippen LogP contribution in [0.5, 0.6) is 0 Å². The maximum absolute atomic E-state index is 12.1. The maximum Gasteiger partial charge on any atom is 0.276 e. The van der Waals surface area contributed by atoms with Crippen LogP contribution >= 0.6 is 12.2 Å². The maximum atomic E-state index is 12.1. The highest BCUT2D eigenvalue weighted by Gasteiger charge is 2.29. The zero-order chi connectivity index (χ0) is 13.0. The molecule has 1 amide bonds. The zero-order valence-electron chi connectivity index (χ0n) is 10.2. The van der Waals surface area contributed by atoms with Crippen LogP contribution in [0.1, 0.15) is 25.3 Å². The highest BCUT2D eigenvalue weighted by atomic mass is 32.1. The van der Waals surface area contributed by atoms with E-state index in [0.717, 1.165) is 18.4 Å². The van der Waals surface area contributed by atoms with E-state index >= 15 is 0 Å². The van der Waals surface area contributed by atoms with Gasteiger partial charge in [0.05, 0.1) is 0 Å². The average molecular weight is 261 g/mol. The van der Waals surface area contributed by atoms with Gasteiger partial charge in [-0.25, -0.2) is 0 Å². The second-order valence-corrected chi connectivity index (χ2v) is 4.47. The smallest absolute Gasteiger partial charge is 0.276 e. The molecule has 1 N–H and O–H groups in total. The fourth-order valence-corrected chi connectivity index (χ4v) is 2.00. The Morgan fingerprint density at radius 1 is 1.44 bits per heavy atom. The van der Waals surface area contributed by atoms with Crippen molar-refractivity contribution in [3.8, 4) is 0 Å². The first-order chi connectivity index (χ1) is 8.72. The van der Waals surface area contributed by atoms with Gasteiger partial charge < -0.3 is 5.32 Å². The van der Waals surface area contributed by atoms with Gasteiger partial charge in [0.2, 0.25) is 0 Å². The molecule has 1 fully saturated rings. The lowest BCUT2D eigenvalue weighted by molar-refractivity contribution is -0.122. The Labute approximate surface area is 112 Å². The van der Waals surface area contributed by atoms with Crippen molar-refractivity contribution in [1.82, 2.24) is 15.2 Å². The summed E-state index contributed by atoms with van der Waals surface area (Å²) in [5.74, 6) is -0.0507. The van der Waals surface area contributed by atoms with E-state index in [-0.39, 0.29) is 5.91 Å². The van der Waals surface area contributed by atoms with Gasteiger partial charge in [0, 0.05) is 18.9 Å². The number of pyridine rings is 1. The van der Waals surface area contributed by atoms with Crippen molar-refractivity contribution in [2.45, 2.75) is 19.8 Å². The Morgan fingerprint density at radius 2 is 2.17 bits per heavy atom. The SMILES string of the molecule is CCCCN1C(=O)C(=Cc2ccncc2)NC1=S. The first-order valence-corrected chi connectivity index (χ1v) is 6.37.